The Balaban J connectivity index is 1.57. The van der Waals surface area contributed by atoms with Gasteiger partial charge in [-0.15, -0.1) is 0 Å². The highest BCUT2D eigenvalue weighted by molar-refractivity contribution is 6.30. The molecule has 1 aromatic carbocycles. The number of carbonyl (C=O) groups is 2. The van der Waals surface area contributed by atoms with Crippen molar-refractivity contribution in [3.8, 4) is 0 Å². The first-order chi connectivity index (χ1) is 12.5. The van der Waals surface area contributed by atoms with Crippen LogP contribution in [-0.4, -0.2) is 41.0 Å². The van der Waals surface area contributed by atoms with Gasteiger partial charge in [0.25, 0.3) is 5.91 Å². The van der Waals surface area contributed by atoms with E-state index in [0.29, 0.717) is 48.0 Å². The monoisotopic (exact) mass is 375 g/mol. The van der Waals surface area contributed by atoms with Gasteiger partial charge in [0.15, 0.2) is 0 Å². The number of aromatic nitrogens is 1. The molecule has 3 rings (SSSR count). The number of hydrogen-bond donors (Lipinski definition) is 1. The molecule has 1 fully saturated rings. The van der Waals surface area contributed by atoms with Crippen LogP contribution in [0.15, 0.2) is 28.8 Å². The summed E-state index contributed by atoms with van der Waals surface area (Å²) in [5.74, 6) is 0.326. The summed E-state index contributed by atoms with van der Waals surface area (Å²) in [5.41, 5.74) is 2.21. The number of likely N-dealkylation sites (tertiary alicyclic amines) is 1. The number of benzene rings is 1. The first-order valence-electron chi connectivity index (χ1n) is 8.76. The number of hydrogen-bond acceptors (Lipinski definition) is 4. The number of nitrogens with one attached hydrogen (secondary N) is 1. The molecule has 0 saturated carbocycles. The maximum absolute atomic E-state index is 12.5. The Bertz CT molecular complexity index is 818. The molecule has 2 amide bonds. The number of carbonyl (C=O) groups excluding carboxylic acids is 2. The van der Waals surface area contributed by atoms with Gasteiger partial charge in [-0.3, -0.25) is 9.59 Å². The number of nitrogens with zero attached hydrogens (tertiary/aromatic N) is 2. The minimum Gasteiger partial charge on any atom is -0.361 e. The summed E-state index contributed by atoms with van der Waals surface area (Å²) in [6.07, 6.45) is 1.67. The van der Waals surface area contributed by atoms with Gasteiger partial charge in [0.2, 0.25) is 5.91 Å². The molecule has 26 heavy (non-hydrogen) atoms. The van der Waals surface area contributed by atoms with Crippen LogP contribution >= 0.6 is 11.6 Å². The zero-order valence-electron chi connectivity index (χ0n) is 14.9. The Morgan fingerprint density at radius 3 is 3.00 bits per heavy atom. The van der Waals surface area contributed by atoms with Gasteiger partial charge in [0, 0.05) is 24.5 Å². The Kier molecular flexibility index (Phi) is 5.61. The molecule has 0 aliphatic carbocycles. The fraction of sp³-hybridized carbons (Fsp3) is 0.421. The van der Waals surface area contributed by atoms with Crippen molar-refractivity contribution in [2.75, 3.05) is 13.1 Å². The largest absolute Gasteiger partial charge is 0.361 e. The molecule has 2 heterocycles. The number of halogens is 1. The fourth-order valence-electron chi connectivity index (χ4n) is 3.25. The van der Waals surface area contributed by atoms with E-state index in [1.807, 2.05) is 31.2 Å². The van der Waals surface area contributed by atoms with Crippen molar-refractivity contribution in [2.45, 2.75) is 39.2 Å². The molecular formula is C19H22ClN3O3. The maximum Gasteiger partial charge on any atom is 0.257 e. The average Bonchev–Trinajstić information content (AvgIpc) is 3.15. The number of rotatable bonds is 6. The van der Waals surface area contributed by atoms with Crippen LogP contribution in [0.25, 0.3) is 0 Å². The van der Waals surface area contributed by atoms with Gasteiger partial charge in [0.1, 0.15) is 11.3 Å². The first-order valence-corrected chi connectivity index (χ1v) is 9.14. The summed E-state index contributed by atoms with van der Waals surface area (Å²) in [6, 6.07) is 7.43. The second kappa shape index (κ2) is 7.91. The topological polar surface area (TPSA) is 75.4 Å². The van der Waals surface area contributed by atoms with E-state index in [-0.39, 0.29) is 17.9 Å². The molecule has 1 atom stereocenters. The number of aryl methyl sites for hydroxylation is 2. The van der Waals surface area contributed by atoms with Gasteiger partial charge < -0.3 is 14.7 Å². The second-order valence-electron chi connectivity index (χ2n) is 6.51. The van der Waals surface area contributed by atoms with Crippen LogP contribution in [-0.2, 0) is 17.6 Å². The highest BCUT2D eigenvalue weighted by Crippen LogP contribution is 2.17. The second-order valence-corrected chi connectivity index (χ2v) is 6.94. The van der Waals surface area contributed by atoms with E-state index in [4.69, 9.17) is 16.1 Å². The summed E-state index contributed by atoms with van der Waals surface area (Å²) in [6.45, 7) is 4.76. The average molecular weight is 376 g/mol. The van der Waals surface area contributed by atoms with Gasteiger partial charge in [-0.25, -0.2) is 0 Å². The Labute approximate surface area is 157 Å². The Morgan fingerprint density at radius 2 is 2.27 bits per heavy atom. The van der Waals surface area contributed by atoms with Crippen molar-refractivity contribution >= 4 is 23.4 Å². The van der Waals surface area contributed by atoms with E-state index in [0.717, 1.165) is 12.0 Å². The van der Waals surface area contributed by atoms with Gasteiger partial charge in [-0.05, 0) is 37.5 Å². The quantitative estimate of drug-likeness (QED) is 0.842. The summed E-state index contributed by atoms with van der Waals surface area (Å²) < 4.78 is 5.11. The van der Waals surface area contributed by atoms with E-state index in [1.165, 1.54) is 0 Å². The van der Waals surface area contributed by atoms with E-state index in [2.05, 4.69) is 10.5 Å². The van der Waals surface area contributed by atoms with Crippen molar-refractivity contribution in [3.05, 3.63) is 51.9 Å². The van der Waals surface area contributed by atoms with Crippen LogP contribution < -0.4 is 5.32 Å². The predicted molar refractivity (Wildman–Crippen MR) is 98.2 cm³/mol. The van der Waals surface area contributed by atoms with Crippen LogP contribution in [0.4, 0.5) is 0 Å². The highest BCUT2D eigenvalue weighted by atomic mass is 35.5. The molecule has 0 bridgehead atoms. The maximum atomic E-state index is 12.5. The molecule has 1 N–H and O–H groups in total. The number of amides is 2. The van der Waals surface area contributed by atoms with Crippen molar-refractivity contribution in [3.63, 3.8) is 0 Å². The molecule has 1 aliphatic rings. The predicted octanol–water partition coefficient (Wildman–Crippen LogP) is 2.77. The SMILES string of the molecule is CCc1noc(C)c1C(=O)NC1CC(=O)N(CCc2cccc(Cl)c2)C1. The standard InChI is InChI=1S/C19H22ClN3O3/c1-3-16-18(12(2)26-22-16)19(25)21-15-10-17(24)23(11-15)8-7-13-5-4-6-14(20)9-13/h4-6,9,15H,3,7-8,10-11H2,1-2H3,(H,21,25). The van der Waals surface area contributed by atoms with Crippen LogP contribution in [0, 0.1) is 6.92 Å². The van der Waals surface area contributed by atoms with E-state index in [9.17, 15) is 9.59 Å². The summed E-state index contributed by atoms with van der Waals surface area (Å²) in [4.78, 5) is 26.6. The van der Waals surface area contributed by atoms with E-state index >= 15 is 0 Å². The van der Waals surface area contributed by atoms with Crippen LogP contribution in [0.2, 0.25) is 5.02 Å². The lowest BCUT2D eigenvalue weighted by Crippen LogP contribution is -2.38. The Hall–Kier alpha value is -2.34. The van der Waals surface area contributed by atoms with Gasteiger partial charge in [-0.2, -0.15) is 0 Å². The summed E-state index contributed by atoms with van der Waals surface area (Å²) in [5, 5.41) is 7.54. The van der Waals surface area contributed by atoms with Crippen molar-refractivity contribution < 1.29 is 14.1 Å². The molecular weight excluding hydrogens is 354 g/mol. The highest BCUT2D eigenvalue weighted by Gasteiger charge is 2.31. The molecule has 0 spiro atoms. The third kappa shape index (κ3) is 4.07. The lowest BCUT2D eigenvalue weighted by Gasteiger charge is -2.17. The third-order valence-electron chi connectivity index (χ3n) is 4.60. The van der Waals surface area contributed by atoms with E-state index < -0.39 is 0 Å². The molecule has 138 valence electrons. The van der Waals surface area contributed by atoms with Gasteiger partial charge in [0.05, 0.1) is 11.7 Å². The van der Waals surface area contributed by atoms with Crippen LogP contribution in [0.1, 0.15) is 40.7 Å². The molecule has 1 aromatic heterocycles. The van der Waals surface area contributed by atoms with Crippen molar-refractivity contribution in [1.82, 2.24) is 15.4 Å². The van der Waals surface area contributed by atoms with Gasteiger partial charge >= 0.3 is 0 Å². The fourth-order valence-corrected chi connectivity index (χ4v) is 3.46. The molecule has 7 heteroatoms. The normalized spacial score (nSPS) is 17.0. The van der Waals surface area contributed by atoms with Gasteiger partial charge in [-0.1, -0.05) is 35.8 Å². The molecule has 1 aliphatic heterocycles. The molecule has 0 radical (unpaired) electrons. The smallest absolute Gasteiger partial charge is 0.257 e. The third-order valence-corrected chi connectivity index (χ3v) is 4.84. The lowest BCUT2D eigenvalue weighted by molar-refractivity contribution is -0.127. The van der Waals surface area contributed by atoms with Crippen molar-refractivity contribution in [1.29, 1.82) is 0 Å². The first kappa shape index (κ1) is 18.5. The van der Waals surface area contributed by atoms with E-state index in [1.54, 1.807) is 11.8 Å². The van der Waals surface area contributed by atoms with Crippen molar-refractivity contribution in [2.24, 2.45) is 0 Å². The summed E-state index contributed by atoms with van der Waals surface area (Å²) in [7, 11) is 0. The lowest BCUT2D eigenvalue weighted by atomic mass is 10.1. The van der Waals surface area contributed by atoms with Crippen LogP contribution in [0.5, 0.6) is 0 Å². The molecule has 1 saturated heterocycles. The molecule has 2 aromatic rings. The Morgan fingerprint density at radius 1 is 1.46 bits per heavy atom. The minimum absolute atomic E-state index is 0.0510. The molecule has 6 nitrogen and oxygen atoms in total. The zero-order chi connectivity index (χ0) is 18.7. The zero-order valence-corrected chi connectivity index (χ0v) is 15.7. The van der Waals surface area contributed by atoms with Crippen LogP contribution in [0.3, 0.4) is 0 Å². The molecule has 1 unspecified atom stereocenters. The minimum atomic E-state index is -0.227. The summed E-state index contributed by atoms with van der Waals surface area (Å²) >= 11 is 5.99.